The van der Waals surface area contributed by atoms with Crippen molar-refractivity contribution < 1.29 is 0 Å². The summed E-state index contributed by atoms with van der Waals surface area (Å²) in [6, 6.07) is 0. The third-order valence-electron chi connectivity index (χ3n) is 2.78. The van der Waals surface area contributed by atoms with E-state index in [0.717, 1.165) is 36.5 Å². The van der Waals surface area contributed by atoms with Gasteiger partial charge in [-0.15, -0.1) is 17.0 Å². The fraction of sp³-hybridized carbons (Fsp3) is 0.875. The van der Waals surface area contributed by atoms with E-state index in [1.165, 1.54) is 37.2 Å². The molecule has 0 rings (SSSR count). The van der Waals surface area contributed by atoms with E-state index in [-0.39, 0.29) is 17.0 Å². The monoisotopic (exact) mass is 426 g/mol. The van der Waals surface area contributed by atoms with Crippen LogP contribution < -0.4 is 10.6 Å². The van der Waals surface area contributed by atoms with Crippen LogP contribution in [-0.4, -0.2) is 48.0 Å². The van der Waals surface area contributed by atoms with Crippen LogP contribution in [0.2, 0.25) is 0 Å². The summed E-state index contributed by atoms with van der Waals surface area (Å²) in [6.07, 6.45) is 5.15. The van der Waals surface area contributed by atoms with E-state index in [1.54, 1.807) is 0 Å². The highest BCUT2D eigenvalue weighted by Gasteiger charge is 2.00. The summed E-state index contributed by atoms with van der Waals surface area (Å²) in [6.45, 7) is 12.0. The van der Waals surface area contributed by atoms with Crippen LogP contribution in [0.15, 0.2) is 9.98 Å². The lowest BCUT2D eigenvalue weighted by Gasteiger charge is -2.08. The van der Waals surface area contributed by atoms with Gasteiger partial charge in [-0.1, -0.05) is 36.4 Å². The van der Waals surface area contributed by atoms with E-state index in [9.17, 15) is 0 Å². The second-order valence-corrected chi connectivity index (χ2v) is 6.90. The number of thioether (sulfide) groups is 2. The zero-order valence-corrected chi connectivity index (χ0v) is 18.5. The smallest absolute Gasteiger partial charge is 0.156 e. The molecule has 0 fully saturated rings. The van der Waals surface area contributed by atoms with Crippen LogP contribution in [0.5, 0.6) is 0 Å². The van der Waals surface area contributed by atoms with Gasteiger partial charge in [0, 0.05) is 37.7 Å². The molecule has 0 unspecified atom stereocenters. The average Bonchev–Trinajstić information content (AvgIpc) is 2.50. The van der Waals surface area contributed by atoms with Crippen LogP contribution in [0, 0.1) is 0 Å². The Balaban J connectivity index is 0. The standard InChI is InChI=1S/C16H34N4S2.BrH/c1-5-17-15(18-6-2)21-13-11-9-10-12-14-22-16(19-7-3)20-8-4;/h5-14H2,1-4H3,(H,17,18)(H,19,20);1H. The summed E-state index contributed by atoms with van der Waals surface area (Å²) >= 11 is 3.71. The molecule has 0 heterocycles. The first-order valence-corrected chi connectivity index (χ1v) is 10.6. The van der Waals surface area contributed by atoms with E-state index in [0.29, 0.717) is 0 Å². The number of unbranched alkanes of at least 4 members (excludes halogenated alkanes) is 3. The van der Waals surface area contributed by atoms with E-state index in [2.05, 4.69) is 48.3 Å². The minimum Gasteiger partial charge on any atom is -0.365 e. The second-order valence-electron chi connectivity index (χ2n) is 4.73. The maximum atomic E-state index is 4.46. The lowest BCUT2D eigenvalue weighted by molar-refractivity contribution is 0.712. The summed E-state index contributed by atoms with van der Waals surface area (Å²) < 4.78 is 0. The first-order chi connectivity index (χ1) is 10.8. The van der Waals surface area contributed by atoms with Crippen molar-refractivity contribution in [2.75, 3.05) is 37.7 Å². The Labute approximate surface area is 162 Å². The number of nitrogens with zero attached hydrogens (tertiary/aromatic N) is 2. The number of rotatable bonds is 11. The average molecular weight is 428 g/mol. The molecule has 0 radical (unpaired) electrons. The maximum Gasteiger partial charge on any atom is 0.156 e. The van der Waals surface area contributed by atoms with Crippen molar-refractivity contribution in [1.82, 2.24) is 10.6 Å². The molecule has 0 atom stereocenters. The fourth-order valence-corrected chi connectivity index (χ4v) is 3.81. The lowest BCUT2D eigenvalue weighted by Crippen LogP contribution is -2.20. The normalized spacial score (nSPS) is 12.0. The van der Waals surface area contributed by atoms with Gasteiger partial charge in [-0.2, -0.15) is 0 Å². The van der Waals surface area contributed by atoms with Gasteiger partial charge in [0.2, 0.25) is 0 Å². The number of hydrogen-bond acceptors (Lipinski definition) is 4. The van der Waals surface area contributed by atoms with Crippen molar-refractivity contribution in [3.63, 3.8) is 0 Å². The zero-order valence-electron chi connectivity index (χ0n) is 15.2. The van der Waals surface area contributed by atoms with Gasteiger partial charge in [0.1, 0.15) is 0 Å². The topological polar surface area (TPSA) is 48.8 Å². The number of aliphatic imine (C=N–C) groups is 2. The van der Waals surface area contributed by atoms with Crippen molar-refractivity contribution in [3.05, 3.63) is 0 Å². The third kappa shape index (κ3) is 16.8. The Hall–Kier alpha value is 0.120. The summed E-state index contributed by atoms with van der Waals surface area (Å²) in [5, 5.41) is 8.85. The van der Waals surface area contributed by atoms with Gasteiger partial charge in [0.25, 0.3) is 0 Å². The van der Waals surface area contributed by atoms with Gasteiger partial charge in [-0.05, 0) is 40.5 Å². The SMILES string of the molecule is Br.CCN=C(NCC)SCCCCCCSC(=NCC)NCC. The summed E-state index contributed by atoms with van der Waals surface area (Å²) in [5.74, 6) is 2.33. The van der Waals surface area contributed by atoms with E-state index in [4.69, 9.17) is 0 Å². The molecular weight excluding hydrogens is 392 g/mol. The fourth-order valence-electron chi connectivity index (χ4n) is 1.79. The number of amidine groups is 2. The minimum absolute atomic E-state index is 0. The highest BCUT2D eigenvalue weighted by molar-refractivity contribution is 8.93. The van der Waals surface area contributed by atoms with Crippen molar-refractivity contribution in [3.8, 4) is 0 Å². The Kier molecular flexibility index (Phi) is 22.2. The van der Waals surface area contributed by atoms with Crippen molar-refractivity contribution in [2.45, 2.75) is 53.4 Å². The van der Waals surface area contributed by atoms with Crippen LogP contribution >= 0.6 is 40.5 Å². The molecular formula is C16H35BrN4S2. The van der Waals surface area contributed by atoms with Crippen molar-refractivity contribution >= 4 is 50.8 Å². The first kappa shape index (κ1) is 25.4. The van der Waals surface area contributed by atoms with Gasteiger partial charge >= 0.3 is 0 Å². The van der Waals surface area contributed by atoms with Crippen LogP contribution in [0.3, 0.4) is 0 Å². The van der Waals surface area contributed by atoms with Crippen molar-refractivity contribution in [2.24, 2.45) is 9.98 Å². The van der Waals surface area contributed by atoms with Gasteiger partial charge in [-0.3, -0.25) is 9.98 Å². The van der Waals surface area contributed by atoms with Crippen LogP contribution in [0.1, 0.15) is 53.4 Å². The molecule has 0 aliphatic carbocycles. The Morgan fingerprint density at radius 3 is 1.39 bits per heavy atom. The third-order valence-corrected chi connectivity index (χ3v) is 4.86. The summed E-state index contributed by atoms with van der Waals surface area (Å²) in [7, 11) is 0. The molecule has 0 aliphatic rings. The van der Waals surface area contributed by atoms with Crippen LogP contribution in [0.4, 0.5) is 0 Å². The molecule has 0 spiro atoms. The molecule has 7 heteroatoms. The highest BCUT2D eigenvalue weighted by Crippen LogP contribution is 2.12. The highest BCUT2D eigenvalue weighted by atomic mass is 79.9. The maximum absolute atomic E-state index is 4.46. The summed E-state index contributed by atoms with van der Waals surface area (Å²) in [4.78, 5) is 8.92. The largest absolute Gasteiger partial charge is 0.365 e. The zero-order chi connectivity index (χ0) is 16.5. The Morgan fingerprint density at radius 2 is 1.09 bits per heavy atom. The Morgan fingerprint density at radius 1 is 0.696 bits per heavy atom. The van der Waals surface area contributed by atoms with Gasteiger partial charge in [0.15, 0.2) is 10.3 Å². The molecule has 0 saturated heterocycles. The first-order valence-electron chi connectivity index (χ1n) is 8.60. The predicted molar refractivity (Wildman–Crippen MR) is 117 cm³/mol. The predicted octanol–water partition coefficient (Wildman–Crippen LogP) is 4.56. The van der Waals surface area contributed by atoms with E-state index >= 15 is 0 Å². The molecule has 23 heavy (non-hydrogen) atoms. The molecule has 0 aliphatic heterocycles. The Bertz CT molecular complexity index is 282. The molecule has 0 amide bonds. The van der Waals surface area contributed by atoms with Gasteiger partial charge < -0.3 is 10.6 Å². The van der Waals surface area contributed by atoms with Gasteiger partial charge in [0.05, 0.1) is 0 Å². The van der Waals surface area contributed by atoms with Gasteiger partial charge in [-0.25, -0.2) is 0 Å². The minimum atomic E-state index is 0. The molecule has 0 aromatic rings. The molecule has 0 saturated carbocycles. The lowest BCUT2D eigenvalue weighted by atomic mass is 10.2. The molecule has 0 bridgehead atoms. The number of hydrogen-bond donors (Lipinski definition) is 2. The van der Waals surface area contributed by atoms with Crippen molar-refractivity contribution in [1.29, 1.82) is 0 Å². The quantitative estimate of drug-likeness (QED) is 0.288. The molecule has 138 valence electrons. The van der Waals surface area contributed by atoms with E-state index < -0.39 is 0 Å². The van der Waals surface area contributed by atoms with Crippen LogP contribution in [-0.2, 0) is 0 Å². The molecule has 2 N–H and O–H groups in total. The number of halogens is 1. The van der Waals surface area contributed by atoms with Crippen LogP contribution in [0.25, 0.3) is 0 Å². The molecule has 4 nitrogen and oxygen atoms in total. The molecule has 0 aromatic heterocycles. The summed E-state index contributed by atoms with van der Waals surface area (Å²) in [5.41, 5.74) is 0. The number of nitrogens with one attached hydrogen (secondary N) is 2. The second kappa shape index (κ2) is 20.2. The van der Waals surface area contributed by atoms with E-state index in [1.807, 2.05) is 23.5 Å². The molecule has 0 aromatic carbocycles.